The second-order valence-corrected chi connectivity index (χ2v) is 3.03. The molecule has 0 saturated carbocycles. The Bertz CT molecular complexity index is 263. The van der Waals surface area contributed by atoms with Crippen molar-refractivity contribution >= 4 is 15.9 Å². The molecule has 0 saturated heterocycles. The highest BCUT2D eigenvalue weighted by Gasteiger charge is 2.09. The zero-order chi connectivity index (χ0) is 9.56. The van der Waals surface area contributed by atoms with Gasteiger partial charge in [0.15, 0.2) is 0 Å². The lowest BCUT2D eigenvalue weighted by molar-refractivity contribution is 0.929. The highest BCUT2D eigenvalue weighted by atomic mass is 79.9. The van der Waals surface area contributed by atoms with Gasteiger partial charge in [0.1, 0.15) is 5.70 Å². The monoisotopic (exact) mass is 228 g/mol. The van der Waals surface area contributed by atoms with Gasteiger partial charge in [-0.3, -0.25) is 0 Å². The Balaban J connectivity index is 4.86. The Morgan fingerprint density at radius 2 is 2.33 bits per heavy atom. The average Bonchev–Trinajstić information content (AvgIpc) is 2.11. The van der Waals surface area contributed by atoms with Crippen molar-refractivity contribution < 1.29 is 0 Å². The molecule has 0 radical (unpaired) electrons. The first-order valence-electron chi connectivity index (χ1n) is 3.42. The summed E-state index contributed by atoms with van der Waals surface area (Å²) in [4.78, 5) is 10.3. The summed E-state index contributed by atoms with van der Waals surface area (Å²) in [7, 11) is 0. The molecule has 0 aromatic heterocycles. The van der Waals surface area contributed by atoms with Crippen LogP contribution in [-0.4, -0.2) is 0 Å². The van der Waals surface area contributed by atoms with E-state index in [1.54, 1.807) is 26.0 Å². The van der Waals surface area contributed by atoms with Gasteiger partial charge in [-0.1, -0.05) is 22.0 Å². The molecule has 0 aromatic carbocycles. The topological polar surface area (TPSA) is 53.2 Å². The quantitative estimate of drug-likeness (QED) is 0.551. The molecule has 0 heterocycles. The van der Waals surface area contributed by atoms with Crippen molar-refractivity contribution in [2.75, 3.05) is 0 Å². The van der Waals surface area contributed by atoms with Crippen LogP contribution >= 0.6 is 15.9 Å². The summed E-state index contributed by atoms with van der Waals surface area (Å²) in [5, 5.41) is 11.3. The fourth-order valence-corrected chi connectivity index (χ4v) is 0.897. The molecule has 0 rings (SSSR count). The molecule has 12 heavy (non-hydrogen) atoms. The van der Waals surface area contributed by atoms with Crippen molar-refractivity contribution in [3.05, 3.63) is 27.2 Å². The molecule has 0 amide bonds. The predicted molar refractivity (Wildman–Crippen MR) is 51.3 cm³/mol. The highest BCUT2D eigenvalue weighted by Crippen LogP contribution is 2.22. The Morgan fingerprint density at radius 1 is 1.75 bits per heavy atom. The first-order valence-corrected chi connectivity index (χ1v) is 4.22. The second-order valence-electron chi connectivity index (χ2n) is 2.18. The number of nitriles is 1. The van der Waals surface area contributed by atoms with Crippen molar-refractivity contribution in [3.8, 4) is 6.07 Å². The maximum Gasteiger partial charge on any atom is 0.119 e. The van der Waals surface area contributed by atoms with Crippen LogP contribution in [0, 0.1) is 22.2 Å². The van der Waals surface area contributed by atoms with Crippen molar-refractivity contribution in [1.29, 1.82) is 5.26 Å². The first kappa shape index (κ1) is 11.1. The molecule has 0 N–H and O–H groups in total. The molecule has 64 valence electrons. The van der Waals surface area contributed by atoms with Gasteiger partial charge in [-0.25, -0.2) is 0 Å². The molecule has 0 aliphatic carbocycles. The smallest absolute Gasteiger partial charge is 0.119 e. The third-order valence-corrected chi connectivity index (χ3v) is 2.33. The number of allylic oxidation sites excluding steroid dienone is 3. The zero-order valence-corrected chi connectivity index (χ0v) is 8.50. The lowest BCUT2D eigenvalue weighted by atomic mass is 10.1. The highest BCUT2D eigenvalue weighted by molar-refractivity contribution is 9.11. The summed E-state index contributed by atoms with van der Waals surface area (Å²) >= 11 is 3.14. The number of hydrogen-bond acceptors (Lipinski definition) is 3. The molecule has 0 aliphatic heterocycles. The van der Waals surface area contributed by atoms with Crippen LogP contribution in [0.5, 0.6) is 0 Å². The van der Waals surface area contributed by atoms with Gasteiger partial charge in [-0.05, 0) is 25.1 Å². The van der Waals surface area contributed by atoms with E-state index in [2.05, 4.69) is 21.1 Å². The van der Waals surface area contributed by atoms with Crippen molar-refractivity contribution in [2.45, 2.75) is 13.8 Å². The van der Waals surface area contributed by atoms with Gasteiger partial charge in [-0.2, -0.15) is 5.26 Å². The van der Waals surface area contributed by atoms with E-state index in [0.29, 0.717) is 4.48 Å². The molecule has 0 fully saturated rings. The van der Waals surface area contributed by atoms with Gasteiger partial charge >= 0.3 is 0 Å². The van der Waals surface area contributed by atoms with Crippen LogP contribution in [0.25, 0.3) is 0 Å². The van der Waals surface area contributed by atoms with Crippen LogP contribution in [0.15, 0.2) is 27.5 Å². The predicted octanol–water partition coefficient (Wildman–Crippen LogP) is 3.10. The number of nitrogens with zero attached hydrogens (tertiary/aromatic N) is 2. The van der Waals surface area contributed by atoms with E-state index in [9.17, 15) is 4.91 Å². The molecular formula is C8H9BrN2O. The van der Waals surface area contributed by atoms with Crippen LogP contribution in [0.3, 0.4) is 0 Å². The minimum absolute atomic E-state index is 0.270. The Hall–Kier alpha value is -0.950. The lowest BCUT2D eigenvalue weighted by Gasteiger charge is -2.00. The van der Waals surface area contributed by atoms with Crippen molar-refractivity contribution in [2.24, 2.45) is 11.1 Å². The van der Waals surface area contributed by atoms with E-state index in [-0.39, 0.29) is 11.6 Å². The molecule has 0 bridgehead atoms. The summed E-state index contributed by atoms with van der Waals surface area (Å²) in [5.74, 6) is -0.339. The summed E-state index contributed by atoms with van der Waals surface area (Å²) in [6, 6.07) is 2.00. The summed E-state index contributed by atoms with van der Waals surface area (Å²) in [6.45, 7) is 3.47. The third-order valence-electron chi connectivity index (χ3n) is 1.24. The van der Waals surface area contributed by atoms with Gasteiger partial charge in [0.2, 0.25) is 0 Å². The van der Waals surface area contributed by atoms with E-state index >= 15 is 0 Å². The van der Waals surface area contributed by atoms with Crippen LogP contribution in [0.4, 0.5) is 0 Å². The summed E-state index contributed by atoms with van der Waals surface area (Å²) in [5.41, 5.74) is 0.270. The SMILES string of the molecule is C/C=C\C(N=O)=C(\Br)[C@@H](C)C#N. The fourth-order valence-electron chi connectivity index (χ4n) is 0.590. The minimum atomic E-state index is -0.339. The molecular weight excluding hydrogens is 220 g/mol. The summed E-state index contributed by atoms with van der Waals surface area (Å²) < 4.78 is 0.526. The fraction of sp³-hybridized carbons (Fsp3) is 0.375. The van der Waals surface area contributed by atoms with E-state index in [1.165, 1.54) is 0 Å². The lowest BCUT2D eigenvalue weighted by Crippen LogP contribution is -1.91. The van der Waals surface area contributed by atoms with E-state index < -0.39 is 0 Å². The van der Waals surface area contributed by atoms with Gasteiger partial charge in [0.05, 0.1) is 12.0 Å². The Morgan fingerprint density at radius 3 is 2.67 bits per heavy atom. The standard InChI is InChI=1S/C8H9BrN2O/c1-3-4-7(11-12)8(9)6(2)5-10/h3-4,6H,1-2H3/b4-3-,8-7-/t6-/m0/s1. The zero-order valence-electron chi connectivity index (χ0n) is 6.91. The first-order chi connectivity index (χ1) is 5.67. The summed E-state index contributed by atoms with van der Waals surface area (Å²) in [6.07, 6.45) is 3.26. The molecule has 0 aromatic rings. The number of hydrogen-bond donors (Lipinski definition) is 0. The van der Waals surface area contributed by atoms with Gasteiger partial charge < -0.3 is 0 Å². The van der Waals surface area contributed by atoms with Gasteiger partial charge in [-0.15, -0.1) is 4.91 Å². The van der Waals surface area contributed by atoms with Gasteiger partial charge in [0, 0.05) is 4.48 Å². The maximum absolute atomic E-state index is 10.3. The largest absolute Gasteiger partial charge is 0.198 e. The van der Waals surface area contributed by atoms with Crippen molar-refractivity contribution in [3.63, 3.8) is 0 Å². The van der Waals surface area contributed by atoms with Crippen LogP contribution in [0.1, 0.15) is 13.8 Å². The maximum atomic E-state index is 10.3. The average molecular weight is 229 g/mol. The number of halogens is 1. The van der Waals surface area contributed by atoms with Crippen LogP contribution in [0.2, 0.25) is 0 Å². The Labute approximate surface area is 79.9 Å². The third kappa shape index (κ3) is 2.97. The molecule has 0 spiro atoms. The molecule has 3 nitrogen and oxygen atoms in total. The van der Waals surface area contributed by atoms with Crippen LogP contribution in [-0.2, 0) is 0 Å². The van der Waals surface area contributed by atoms with E-state index in [0.717, 1.165) is 0 Å². The van der Waals surface area contributed by atoms with Crippen molar-refractivity contribution in [1.82, 2.24) is 0 Å². The van der Waals surface area contributed by atoms with E-state index in [4.69, 9.17) is 5.26 Å². The minimum Gasteiger partial charge on any atom is -0.198 e. The van der Waals surface area contributed by atoms with Gasteiger partial charge in [0.25, 0.3) is 0 Å². The second kappa shape index (κ2) is 5.67. The Kier molecular flexibility index (Phi) is 5.22. The normalized spacial score (nSPS) is 15.2. The van der Waals surface area contributed by atoms with Crippen LogP contribution < -0.4 is 0 Å². The number of nitroso groups, excluding NO2 is 1. The number of rotatable bonds is 3. The molecule has 0 unspecified atom stereocenters. The molecule has 4 heteroatoms. The van der Waals surface area contributed by atoms with E-state index in [1.807, 2.05) is 6.07 Å². The molecule has 1 atom stereocenters. The molecule has 0 aliphatic rings.